The molecule has 0 amide bonds. The Bertz CT molecular complexity index is 2070. The Labute approximate surface area is 257 Å². The van der Waals surface area contributed by atoms with Crippen LogP contribution in [0.3, 0.4) is 0 Å². The Morgan fingerprint density at radius 2 is 1.11 bits per heavy atom. The van der Waals surface area contributed by atoms with E-state index < -0.39 is 0 Å². The van der Waals surface area contributed by atoms with E-state index in [2.05, 4.69) is 127 Å². The average molecular weight is 566 g/mol. The molecule has 3 nitrogen and oxygen atoms in total. The lowest BCUT2D eigenvalue weighted by Gasteiger charge is -2.11. The third kappa shape index (κ3) is 5.16. The molecule has 0 spiro atoms. The van der Waals surface area contributed by atoms with Crippen LogP contribution in [0.4, 0.5) is 0 Å². The normalized spacial score (nSPS) is 11.9. The number of aromatic nitrogens is 3. The first-order chi connectivity index (χ1) is 21.7. The molecule has 0 fully saturated rings. The van der Waals surface area contributed by atoms with Crippen molar-refractivity contribution in [3.63, 3.8) is 0 Å². The van der Waals surface area contributed by atoms with Crippen molar-refractivity contribution >= 4 is 33.1 Å². The number of allylic oxidation sites excluding steroid dienone is 5. The molecule has 3 heteroatoms. The summed E-state index contributed by atoms with van der Waals surface area (Å²) in [6.07, 6.45) is 6.40. The number of hydrogen-bond donors (Lipinski definition) is 0. The van der Waals surface area contributed by atoms with Gasteiger partial charge in [-0.15, -0.1) is 0 Å². The highest BCUT2D eigenvalue weighted by atomic mass is 15.0. The van der Waals surface area contributed by atoms with E-state index in [9.17, 15) is 0 Å². The van der Waals surface area contributed by atoms with Crippen molar-refractivity contribution in [3.8, 4) is 33.9 Å². The molecule has 0 N–H and O–H groups in total. The number of benzene rings is 5. The fourth-order valence-corrected chi connectivity index (χ4v) is 5.73. The van der Waals surface area contributed by atoms with Gasteiger partial charge in [0.1, 0.15) is 0 Å². The van der Waals surface area contributed by atoms with Gasteiger partial charge in [0.2, 0.25) is 0 Å². The predicted octanol–water partition coefficient (Wildman–Crippen LogP) is 10.7. The molecule has 0 bridgehead atoms. The maximum Gasteiger partial charge on any atom is 0.160 e. The van der Waals surface area contributed by atoms with Crippen molar-refractivity contribution in [2.24, 2.45) is 0 Å². The molecule has 0 saturated carbocycles. The number of nitrogens with zero attached hydrogens (tertiary/aromatic N) is 3. The lowest BCUT2D eigenvalue weighted by atomic mass is 10.0. The van der Waals surface area contributed by atoms with Gasteiger partial charge in [-0.1, -0.05) is 134 Å². The number of fused-ring (bicyclic) bond motifs is 3. The van der Waals surface area contributed by atoms with Gasteiger partial charge >= 0.3 is 0 Å². The molecule has 7 aromatic rings. The number of hydrogen-bond acceptors (Lipinski definition) is 2. The summed E-state index contributed by atoms with van der Waals surface area (Å²) >= 11 is 0. The van der Waals surface area contributed by atoms with E-state index in [1.54, 1.807) is 0 Å². The van der Waals surface area contributed by atoms with E-state index in [1.807, 2.05) is 48.5 Å². The second-order valence-corrected chi connectivity index (χ2v) is 10.7. The van der Waals surface area contributed by atoms with Crippen LogP contribution in [0.5, 0.6) is 0 Å². The predicted molar refractivity (Wildman–Crippen MR) is 186 cm³/mol. The zero-order valence-corrected chi connectivity index (χ0v) is 24.6. The average Bonchev–Trinajstić information content (AvgIpc) is 3.43. The SMILES string of the molecule is C=C(/C=C\C(=C/C)n1c2ccccc2c2ccccc21)c1cccc(-c2cc(-c3ccccc3)nc(-c3ccccc3)n2)c1. The van der Waals surface area contributed by atoms with Gasteiger partial charge in [0.15, 0.2) is 5.82 Å². The van der Waals surface area contributed by atoms with Gasteiger partial charge in [-0.2, -0.15) is 0 Å². The summed E-state index contributed by atoms with van der Waals surface area (Å²) in [5.74, 6) is 0.704. The second kappa shape index (κ2) is 11.8. The van der Waals surface area contributed by atoms with Crippen molar-refractivity contribution in [3.05, 3.63) is 170 Å². The van der Waals surface area contributed by atoms with Crippen LogP contribution in [-0.2, 0) is 0 Å². The monoisotopic (exact) mass is 565 g/mol. The van der Waals surface area contributed by atoms with Crippen LogP contribution in [0.2, 0.25) is 0 Å². The summed E-state index contributed by atoms with van der Waals surface area (Å²) in [6.45, 7) is 6.53. The minimum Gasteiger partial charge on any atom is -0.310 e. The topological polar surface area (TPSA) is 30.7 Å². The lowest BCUT2D eigenvalue weighted by molar-refractivity contribution is 1.18. The highest BCUT2D eigenvalue weighted by Gasteiger charge is 2.13. The van der Waals surface area contributed by atoms with E-state index in [-0.39, 0.29) is 0 Å². The summed E-state index contributed by atoms with van der Waals surface area (Å²) in [4.78, 5) is 9.94. The van der Waals surface area contributed by atoms with Crippen LogP contribution in [0.25, 0.3) is 67.0 Å². The minimum atomic E-state index is 0.704. The molecular formula is C41H31N3. The van der Waals surface area contributed by atoms with Crippen molar-refractivity contribution in [1.82, 2.24) is 14.5 Å². The summed E-state index contributed by atoms with van der Waals surface area (Å²) in [6, 6.07) is 48.0. The molecule has 5 aromatic carbocycles. The molecule has 0 aliphatic heterocycles. The third-order valence-electron chi connectivity index (χ3n) is 7.95. The molecule has 0 aliphatic carbocycles. The zero-order valence-electron chi connectivity index (χ0n) is 24.6. The van der Waals surface area contributed by atoms with Gasteiger partial charge in [-0.3, -0.25) is 0 Å². The maximum absolute atomic E-state index is 5.01. The van der Waals surface area contributed by atoms with Crippen LogP contribution in [0, 0.1) is 0 Å². The summed E-state index contributed by atoms with van der Waals surface area (Å²) in [5, 5.41) is 2.49. The standard InChI is InChI=1S/C41H31N3/c1-3-34(44-39-23-12-10-21-35(39)36-22-11-13-24-40(36)44)26-25-29(2)32-19-14-20-33(27-32)38-28-37(30-15-6-4-7-16-30)42-41(43-38)31-17-8-5-9-18-31/h3-28H,2H2,1H3/b26-25-,34-3+. The van der Waals surface area contributed by atoms with Crippen molar-refractivity contribution < 1.29 is 0 Å². The Balaban J connectivity index is 1.25. The molecule has 210 valence electrons. The van der Waals surface area contributed by atoms with Gasteiger partial charge < -0.3 is 4.57 Å². The molecule has 0 saturated heterocycles. The highest BCUT2D eigenvalue weighted by Crippen LogP contribution is 2.33. The second-order valence-electron chi connectivity index (χ2n) is 10.7. The Hall–Kier alpha value is -5.80. The molecule has 2 heterocycles. The summed E-state index contributed by atoms with van der Waals surface area (Å²) in [5.41, 5.74) is 10.2. The quantitative estimate of drug-likeness (QED) is 0.180. The van der Waals surface area contributed by atoms with E-state index in [0.717, 1.165) is 44.9 Å². The van der Waals surface area contributed by atoms with Crippen LogP contribution >= 0.6 is 0 Å². The molecule has 0 aliphatic rings. The van der Waals surface area contributed by atoms with Crippen LogP contribution in [-0.4, -0.2) is 14.5 Å². The molecular weight excluding hydrogens is 534 g/mol. The number of para-hydroxylation sites is 2. The number of rotatable bonds is 7. The fraction of sp³-hybridized carbons (Fsp3) is 0.0244. The first-order valence-corrected chi connectivity index (χ1v) is 14.8. The third-order valence-corrected chi connectivity index (χ3v) is 7.95. The smallest absolute Gasteiger partial charge is 0.160 e. The van der Waals surface area contributed by atoms with Gasteiger partial charge in [-0.05, 0) is 48.4 Å². The largest absolute Gasteiger partial charge is 0.310 e. The van der Waals surface area contributed by atoms with Crippen molar-refractivity contribution in [2.75, 3.05) is 0 Å². The molecule has 0 atom stereocenters. The first kappa shape index (κ1) is 27.1. The van der Waals surface area contributed by atoms with Gasteiger partial charge in [0.05, 0.1) is 22.4 Å². The Morgan fingerprint density at radius 3 is 1.75 bits per heavy atom. The maximum atomic E-state index is 5.01. The summed E-state index contributed by atoms with van der Waals surface area (Å²) in [7, 11) is 0. The zero-order chi connectivity index (χ0) is 29.9. The minimum absolute atomic E-state index is 0.704. The van der Waals surface area contributed by atoms with Crippen molar-refractivity contribution in [1.29, 1.82) is 0 Å². The van der Waals surface area contributed by atoms with E-state index in [0.29, 0.717) is 5.82 Å². The van der Waals surface area contributed by atoms with Crippen LogP contribution in [0.15, 0.2) is 164 Å². The molecule has 0 unspecified atom stereocenters. The van der Waals surface area contributed by atoms with Crippen LogP contribution in [0.1, 0.15) is 12.5 Å². The van der Waals surface area contributed by atoms with Gasteiger partial charge in [0.25, 0.3) is 0 Å². The highest BCUT2D eigenvalue weighted by molar-refractivity contribution is 6.10. The molecule has 44 heavy (non-hydrogen) atoms. The van der Waals surface area contributed by atoms with Gasteiger partial charge in [0, 0.05) is 33.2 Å². The molecule has 0 radical (unpaired) electrons. The Morgan fingerprint density at radius 1 is 0.568 bits per heavy atom. The Kier molecular flexibility index (Phi) is 7.27. The fourth-order valence-electron chi connectivity index (χ4n) is 5.73. The van der Waals surface area contributed by atoms with Crippen LogP contribution < -0.4 is 0 Å². The van der Waals surface area contributed by atoms with E-state index >= 15 is 0 Å². The van der Waals surface area contributed by atoms with Gasteiger partial charge in [-0.25, -0.2) is 9.97 Å². The van der Waals surface area contributed by atoms with Crippen molar-refractivity contribution in [2.45, 2.75) is 6.92 Å². The van der Waals surface area contributed by atoms with E-state index in [4.69, 9.17) is 9.97 Å². The molecule has 7 rings (SSSR count). The molecule has 2 aromatic heterocycles. The summed E-state index contributed by atoms with van der Waals surface area (Å²) < 4.78 is 2.32. The lowest BCUT2D eigenvalue weighted by Crippen LogP contribution is -1.96. The van der Waals surface area contributed by atoms with E-state index in [1.165, 1.54) is 21.8 Å². The first-order valence-electron chi connectivity index (χ1n) is 14.8.